The minimum absolute atomic E-state index is 0.0865. The Hall–Kier alpha value is -1.38. The number of anilines is 1. The van der Waals surface area contributed by atoms with Crippen molar-refractivity contribution >= 4 is 27.3 Å². The van der Waals surface area contributed by atoms with Crippen LogP contribution in [0, 0.1) is 17.0 Å². The van der Waals surface area contributed by atoms with E-state index in [1.54, 1.807) is 0 Å². The van der Waals surface area contributed by atoms with Gasteiger partial charge in [0, 0.05) is 21.8 Å². The molecule has 0 saturated carbocycles. The molecule has 0 aliphatic rings. The lowest BCUT2D eigenvalue weighted by Gasteiger charge is -2.17. The van der Waals surface area contributed by atoms with E-state index in [1.165, 1.54) is 13.0 Å². The molecule has 0 radical (unpaired) electrons. The molecule has 0 saturated heterocycles. The summed E-state index contributed by atoms with van der Waals surface area (Å²) < 4.78 is 49.6. The van der Waals surface area contributed by atoms with Crippen molar-refractivity contribution in [2.75, 3.05) is 11.9 Å². The molecule has 9 heteroatoms. The van der Waals surface area contributed by atoms with E-state index in [1.807, 2.05) is 0 Å². The van der Waals surface area contributed by atoms with Crippen LogP contribution in [-0.2, 0) is 0 Å². The summed E-state index contributed by atoms with van der Waals surface area (Å²) in [5.74, 6) is -4.17. The van der Waals surface area contributed by atoms with E-state index in [0.717, 1.165) is 6.07 Å². The number of nitrogens with zero attached hydrogens (tertiary/aromatic N) is 1. The molecule has 0 aliphatic heterocycles. The van der Waals surface area contributed by atoms with Gasteiger partial charge in [-0.1, -0.05) is 0 Å². The Morgan fingerprint density at radius 2 is 2.05 bits per heavy atom. The van der Waals surface area contributed by atoms with Gasteiger partial charge in [-0.25, -0.2) is 8.78 Å². The van der Waals surface area contributed by atoms with E-state index in [0.29, 0.717) is 0 Å². The number of alkyl halides is 4. The lowest BCUT2D eigenvalue weighted by Crippen LogP contribution is -2.34. The van der Waals surface area contributed by atoms with E-state index >= 15 is 0 Å². The van der Waals surface area contributed by atoms with Crippen LogP contribution < -0.4 is 5.32 Å². The first-order chi connectivity index (χ1) is 8.65. The number of rotatable bonds is 5. The number of hydrogen-bond acceptors (Lipinski definition) is 3. The summed E-state index contributed by atoms with van der Waals surface area (Å²) in [6.45, 7) is 0.154. The molecule has 0 atom stereocenters. The molecule has 1 rings (SSSR count). The Kier molecular flexibility index (Phi) is 4.72. The largest absolute Gasteiger partial charge is 0.378 e. The number of nitro groups is 1. The van der Waals surface area contributed by atoms with Crippen LogP contribution in [0.5, 0.6) is 0 Å². The summed E-state index contributed by atoms with van der Waals surface area (Å²) in [6, 6.07) is 2.36. The second-order valence-electron chi connectivity index (χ2n) is 3.79. The highest BCUT2D eigenvalue weighted by Crippen LogP contribution is 2.32. The number of hydrogen-bond donors (Lipinski definition) is 1. The Balaban J connectivity index is 2.92. The van der Waals surface area contributed by atoms with Gasteiger partial charge in [-0.05, 0) is 28.9 Å². The summed E-state index contributed by atoms with van der Waals surface area (Å²) in [4.78, 5) is 10.0. The topological polar surface area (TPSA) is 55.2 Å². The smallest absolute Gasteiger partial charge is 0.324 e. The zero-order valence-corrected chi connectivity index (χ0v) is 11.2. The normalized spacial score (nSPS) is 11.7. The first kappa shape index (κ1) is 15.7. The zero-order valence-electron chi connectivity index (χ0n) is 9.59. The maximum atomic E-state index is 12.7. The molecule has 0 aliphatic carbocycles. The van der Waals surface area contributed by atoms with Gasteiger partial charge in [0.1, 0.15) is 0 Å². The third-order valence-corrected chi connectivity index (χ3v) is 2.97. The second-order valence-corrected chi connectivity index (χ2v) is 4.65. The van der Waals surface area contributed by atoms with Crippen LogP contribution in [0.15, 0.2) is 16.6 Å². The molecule has 4 nitrogen and oxygen atoms in total. The highest BCUT2D eigenvalue weighted by Gasteiger charge is 2.40. The van der Waals surface area contributed by atoms with E-state index in [9.17, 15) is 27.7 Å². The number of nitro benzene ring substituents is 1. The van der Waals surface area contributed by atoms with Gasteiger partial charge in [0.15, 0.2) is 0 Å². The Morgan fingerprint density at radius 1 is 1.47 bits per heavy atom. The number of benzene rings is 1. The Morgan fingerprint density at radius 3 is 2.53 bits per heavy atom. The van der Waals surface area contributed by atoms with E-state index in [2.05, 4.69) is 21.2 Å². The molecular weight excluding hydrogens is 336 g/mol. The third kappa shape index (κ3) is 3.79. The highest BCUT2D eigenvalue weighted by molar-refractivity contribution is 9.10. The van der Waals surface area contributed by atoms with E-state index < -0.39 is 23.8 Å². The van der Waals surface area contributed by atoms with Crippen molar-refractivity contribution in [2.24, 2.45) is 0 Å². The first-order valence-electron chi connectivity index (χ1n) is 4.99. The maximum Gasteiger partial charge on any atom is 0.324 e. The van der Waals surface area contributed by atoms with Crippen molar-refractivity contribution < 1.29 is 22.5 Å². The average molecular weight is 345 g/mol. The predicted octanol–water partition coefficient (Wildman–Crippen LogP) is 3.98. The lowest BCUT2D eigenvalue weighted by atomic mass is 10.2. The molecular formula is C10H9BrF4N2O2. The van der Waals surface area contributed by atoms with Gasteiger partial charge in [-0.15, -0.1) is 0 Å². The second kappa shape index (κ2) is 5.72. The fourth-order valence-electron chi connectivity index (χ4n) is 1.29. The van der Waals surface area contributed by atoms with Crippen LogP contribution in [0.3, 0.4) is 0 Å². The van der Waals surface area contributed by atoms with E-state index in [-0.39, 0.29) is 21.4 Å². The van der Waals surface area contributed by atoms with Crippen LogP contribution in [0.1, 0.15) is 5.56 Å². The van der Waals surface area contributed by atoms with Gasteiger partial charge in [-0.3, -0.25) is 10.1 Å². The van der Waals surface area contributed by atoms with E-state index in [4.69, 9.17) is 0 Å². The highest BCUT2D eigenvalue weighted by atomic mass is 79.9. The molecule has 0 fully saturated rings. The molecule has 0 bridgehead atoms. The first-order valence-corrected chi connectivity index (χ1v) is 5.79. The summed E-state index contributed by atoms with van der Waals surface area (Å²) in [5, 5.41) is 12.8. The van der Waals surface area contributed by atoms with Crippen LogP contribution in [0.4, 0.5) is 28.9 Å². The van der Waals surface area contributed by atoms with Gasteiger partial charge >= 0.3 is 12.3 Å². The van der Waals surface area contributed by atoms with Crippen LogP contribution >= 0.6 is 15.9 Å². The van der Waals surface area contributed by atoms with Crippen molar-refractivity contribution in [1.29, 1.82) is 0 Å². The fourth-order valence-corrected chi connectivity index (χ4v) is 1.76. The van der Waals surface area contributed by atoms with Gasteiger partial charge in [0.05, 0.1) is 11.5 Å². The Labute approximate surface area is 114 Å². The molecule has 0 aromatic heterocycles. The molecule has 0 spiro atoms. The number of aryl methyl sites for hydroxylation is 1. The molecule has 0 unspecified atom stereocenters. The summed E-state index contributed by atoms with van der Waals surface area (Å²) >= 11 is 2.96. The molecule has 1 aromatic carbocycles. The minimum atomic E-state index is -4.17. The van der Waals surface area contributed by atoms with Crippen LogP contribution in [0.25, 0.3) is 0 Å². The van der Waals surface area contributed by atoms with Crippen molar-refractivity contribution in [3.63, 3.8) is 0 Å². The molecule has 0 heterocycles. The predicted molar refractivity (Wildman–Crippen MR) is 65.0 cm³/mol. The summed E-state index contributed by atoms with van der Waals surface area (Å²) in [6.07, 6.45) is -3.78. The van der Waals surface area contributed by atoms with Gasteiger partial charge in [0.2, 0.25) is 0 Å². The molecule has 19 heavy (non-hydrogen) atoms. The zero-order chi connectivity index (χ0) is 14.8. The molecule has 1 aromatic rings. The molecule has 106 valence electrons. The average Bonchev–Trinajstić information content (AvgIpc) is 2.29. The Bertz CT molecular complexity index is 497. The van der Waals surface area contributed by atoms with Gasteiger partial charge in [-0.2, -0.15) is 8.78 Å². The van der Waals surface area contributed by atoms with Crippen LogP contribution in [0.2, 0.25) is 0 Å². The maximum absolute atomic E-state index is 12.7. The van der Waals surface area contributed by atoms with Crippen molar-refractivity contribution in [3.05, 3.63) is 32.3 Å². The molecule has 1 N–H and O–H groups in total. The SMILES string of the molecule is Cc1cc(NCC(F)(F)C(F)F)c(Br)cc1[N+](=O)[O-]. The lowest BCUT2D eigenvalue weighted by molar-refractivity contribution is -0.385. The van der Waals surface area contributed by atoms with Gasteiger partial charge < -0.3 is 5.32 Å². The third-order valence-electron chi connectivity index (χ3n) is 2.32. The number of halogens is 5. The van der Waals surface area contributed by atoms with Gasteiger partial charge in [0.25, 0.3) is 5.69 Å². The fraction of sp³-hybridized carbons (Fsp3) is 0.400. The minimum Gasteiger partial charge on any atom is -0.378 e. The van der Waals surface area contributed by atoms with Crippen molar-refractivity contribution in [2.45, 2.75) is 19.3 Å². The van der Waals surface area contributed by atoms with Crippen molar-refractivity contribution in [3.8, 4) is 0 Å². The quantitative estimate of drug-likeness (QED) is 0.499. The molecule has 0 amide bonds. The summed E-state index contributed by atoms with van der Waals surface area (Å²) in [7, 11) is 0. The van der Waals surface area contributed by atoms with Crippen molar-refractivity contribution in [1.82, 2.24) is 0 Å². The van der Waals surface area contributed by atoms with Crippen LogP contribution in [-0.4, -0.2) is 23.8 Å². The number of nitrogens with one attached hydrogen (secondary N) is 1. The summed E-state index contributed by atoms with van der Waals surface area (Å²) in [5.41, 5.74) is 0.123. The monoisotopic (exact) mass is 344 g/mol. The standard InChI is InChI=1S/C10H9BrF4N2O2/c1-5-2-7(6(11)3-8(5)17(18)19)16-4-10(14,15)9(12)13/h2-3,9,16H,4H2,1H3.